The molecule has 0 radical (unpaired) electrons. The minimum Gasteiger partial charge on any atom is -0.353 e. The average Bonchev–Trinajstić information content (AvgIpc) is 3.27. The SMILES string of the molecule is Cn1cccc1C(CNC(=O)c1cc(Cl)ccc1[N+](=O)[O-])N1CCCC1. The Hall–Kier alpha value is -2.38. The maximum atomic E-state index is 12.6. The van der Waals surface area contributed by atoms with Gasteiger partial charge < -0.3 is 9.88 Å². The number of aromatic nitrogens is 1. The van der Waals surface area contributed by atoms with Crippen LogP contribution in [0.5, 0.6) is 0 Å². The largest absolute Gasteiger partial charge is 0.353 e. The quantitative estimate of drug-likeness (QED) is 0.620. The molecule has 1 amide bonds. The minimum atomic E-state index is -0.569. The molecule has 138 valence electrons. The summed E-state index contributed by atoms with van der Waals surface area (Å²) < 4.78 is 2.04. The number of halogens is 1. The molecule has 26 heavy (non-hydrogen) atoms. The molecule has 1 N–H and O–H groups in total. The van der Waals surface area contributed by atoms with Crippen LogP contribution >= 0.6 is 11.6 Å². The van der Waals surface area contributed by atoms with Crippen molar-refractivity contribution >= 4 is 23.2 Å². The Morgan fingerprint density at radius 2 is 2.08 bits per heavy atom. The zero-order valence-corrected chi connectivity index (χ0v) is 15.3. The number of aryl methyl sites for hydroxylation is 1. The summed E-state index contributed by atoms with van der Waals surface area (Å²) in [4.78, 5) is 25.5. The summed E-state index contributed by atoms with van der Waals surface area (Å²) in [7, 11) is 1.97. The number of hydrogen-bond acceptors (Lipinski definition) is 4. The van der Waals surface area contributed by atoms with E-state index in [9.17, 15) is 14.9 Å². The molecule has 1 unspecified atom stereocenters. The number of rotatable bonds is 6. The van der Waals surface area contributed by atoms with Crippen molar-refractivity contribution in [1.82, 2.24) is 14.8 Å². The highest BCUT2D eigenvalue weighted by molar-refractivity contribution is 6.31. The molecule has 0 bridgehead atoms. The number of amides is 1. The monoisotopic (exact) mass is 376 g/mol. The van der Waals surface area contributed by atoms with E-state index in [1.165, 1.54) is 18.2 Å². The van der Waals surface area contributed by atoms with Crippen LogP contribution in [0.4, 0.5) is 5.69 Å². The maximum absolute atomic E-state index is 12.6. The van der Waals surface area contributed by atoms with E-state index in [-0.39, 0.29) is 17.3 Å². The molecule has 1 aromatic heterocycles. The Balaban J connectivity index is 1.79. The third kappa shape index (κ3) is 3.89. The van der Waals surface area contributed by atoms with Gasteiger partial charge in [0.1, 0.15) is 5.56 Å². The van der Waals surface area contributed by atoms with Crippen molar-refractivity contribution in [3.63, 3.8) is 0 Å². The lowest BCUT2D eigenvalue weighted by atomic mass is 10.1. The standard InChI is InChI=1S/C18H21ClN4O3/c1-21-8-4-5-16(21)17(22-9-2-3-10-22)12-20-18(24)14-11-13(19)6-7-15(14)23(25)26/h4-8,11,17H,2-3,9-10,12H2,1H3,(H,20,24). The first-order chi connectivity index (χ1) is 12.5. The first-order valence-electron chi connectivity index (χ1n) is 8.55. The van der Waals surface area contributed by atoms with Crippen LogP contribution in [0.2, 0.25) is 5.02 Å². The van der Waals surface area contributed by atoms with Crippen molar-refractivity contribution in [2.45, 2.75) is 18.9 Å². The lowest BCUT2D eigenvalue weighted by Gasteiger charge is -2.28. The molecule has 3 rings (SSSR count). The van der Waals surface area contributed by atoms with E-state index in [1.807, 2.05) is 29.9 Å². The van der Waals surface area contributed by atoms with Gasteiger partial charge in [-0.15, -0.1) is 0 Å². The molecule has 1 aromatic carbocycles. The second kappa shape index (κ2) is 7.88. The van der Waals surface area contributed by atoms with Gasteiger partial charge in [0.2, 0.25) is 0 Å². The highest BCUT2D eigenvalue weighted by Gasteiger charge is 2.27. The Morgan fingerprint density at radius 3 is 2.69 bits per heavy atom. The van der Waals surface area contributed by atoms with Gasteiger partial charge in [0, 0.05) is 36.6 Å². The van der Waals surface area contributed by atoms with E-state index in [1.54, 1.807) is 0 Å². The average molecular weight is 377 g/mol. The number of nitro groups is 1. The van der Waals surface area contributed by atoms with Gasteiger partial charge in [0.25, 0.3) is 11.6 Å². The number of likely N-dealkylation sites (tertiary alicyclic amines) is 1. The number of nitrogens with one attached hydrogen (secondary N) is 1. The minimum absolute atomic E-state index is 0.0189. The fourth-order valence-corrected chi connectivity index (χ4v) is 3.60. The summed E-state index contributed by atoms with van der Waals surface area (Å²) in [6, 6.07) is 8.04. The van der Waals surface area contributed by atoms with Gasteiger partial charge in [-0.25, -0.2) is 0 Å². The van der Waals surface area contributed by atoms with Gasteiger partial charge >= 0.3 is 0 Å². The van der Waals surface area contributed by atoms with E-state index in [4.69, 9.17) is 11.6 Å². The second-order valence-electron chi connectivity index (χ2n) is 6.43. The summed E-state index contributed by atoms with van der Waals surface area (Å²) in [6.07, 6.45) is 4.24. The number of carbonyl (C=O) groups excluding carboxylic acids is 1. The van der Waals surface area contributed by atoms with Crippen LogP contribution in [0.25, 0.3) is 0 Å². The predicted octanol–water partition coefficient (Wildman–Crippen LogP) is 3.15. The zero-order valence-electron chi connectivity index (χ0n) is 14.5. The van der Waals surface area contributed by atoms with E-state index in [0.29, 0.717) is 11.6 Å². The van der Waals surface area contributed by atoms with Crippen LogP contribution < -0.4 is 5.32 Å². The molecule has 8 heteroatoms. The number of nitrogens with zero attached hydrogens (tertiary/aromatic N) is 3. The van der Waals surface area contributed by atoms with Crippen LogP contribution in [-0.2, 0) is 7.05 Å². The molecule has 1 aliphatic heterocycles. The summed E-state index contributed by atoms with van der Waals surface area (Å²) in [5, 5.41) is 14.3. The van der Waals surface area contributed by atoms with Crippen LogP contribution in [-0.4, -0.2) is 39.9 Å². The summed E-state index contributed by atoms with van der Waals surface area (Å²) in [6.45, 7) is 2.33. The molecule has 0 spiro atoms. The van der Waals surface area contributed by atoms with Gasteiger partial charge in [-0.05, 0) is 50.2 Å². The number of carbonyl (C=O) groups is 1. The van der Waals surface area contributed by atoms with Crippen LogP contribution in [0, 0.1) is 10.1 Å². The molecule has 1 fully saturated rings. The predicted molar refractivity (Wildman–Crippen MR) is 99.4 cm³/mol. The highest BCUT2D eigenvalue weighted by Crippen LogP contribution is 2.26. The lowest BCUT2D eigenvalue weighted by Crippen LogP contribution is -2.37. The Morgan fingerprint density at radius 1 is 1.35 bits per heavy atom. The Labute approximate surface area is 156 Å². The van der Waals surface area contributed by atoms with Gasteiger partial charge in [0.05, 0.1) is 11.0 Å². The molecule has 2 heterocycles. The van der Waals surface area contributed by atoms with Crippen LogP contribution in [0.15, 0.2) is 36.5 Å². The van der Waals surface area contributed by atoms with Crippen LogP contribution in [0.3, 0.4) is 0 Å². The number of hydrogen-bond donors (Lipinski definition) is 1. The second-order valence-corrected chi connectivity index (χ2v) is 6.87. The van der Waals surface area contributed by atoms with Crippen molar-refractivity contribution in [1.29, 1.82) is 0 Å². The lowest BCUT2D eigenvalue weighted by molar-refractivity contribution is -0.385. The van der Waals surface area contributed by atoms with Crippen molar-refractivity contribution in [3.8, 4) is 0 Å². The van der Waals surface area contributed by atoms with Crippen molar-refractivity contribution < 1.29 is 9.72 Å². The Kier molecular flexibility index (Phi) is 5.58. The maximum Gasteiger partial charge on any atom is 0.282 e. The normalized spacial score (nSPS) is 15.8. The molecule has 2 aromatic rings. The van der Waals surface area contributed by atoms with E-state index < -0.39 is 10.8 Å². The molecular formula is C18H21ClN4O3. The molecule has 0 aliphatic carbocycles. The van der Waals surface area contributed by atoms with Gasteiger partial charge in [0.15, 0.2) is 0 Å². The smallest absolute Gasteiger partial charge is 0.282 e. The highest BCUT2D eigenvalue weighted by atomic mass is 35.5. The third-order valence-electron chi connectivity index (χ3n) is 4.76. The van der Waals surface area contributed by atoms with E-state index in [2.05, 4.69) is 10.2 Å². The number of nitro benzene ring substituents is 1. The van der Waals surface area contributed by atoms with E-state index >= 15 is 0 Å². The van der Waals surface area contributed by atoms with Crippen molar-refractivity contribution in [2.75, 3.05) is 19.6 Å². The van der Waals surface area contributed by atoms with E-state index in [0.717, 1.165) is 31.6 Å². The summed E-state index contributed by atoms with van der Waals surface area (Å²) in [5.74, 6) is -0.488. The summed E-state index contributed by atoms with van der Waals surface area (Å²) >= 11 is 5.92. The van der Waals surface area contributed by atoms with Crippen molar-refractivity contribution in [2.24, 2.45) is 7.05 Å². The molecular weight excluding hydrogens is 356 g/mol. The zero-order chi connectivity index (χ0) is 18.7. The molecule has 7 nitrogen and oxygen atoms in total. The van der Waals surface area contributed by atoms with Gasteiger partial charge in [-0.1, -0.05) is 11.6 Å². The molecule has 1 atom stereocenters. The Bertz CT molecular complexity index is 815. The summed E-state index contributed by atoms with van der Waals surface area (Å²) in [5.41, 5.74) is 0.839. The van der Waals surface area contributed by atoms with Crippen LogP contribution in [0.1, 0.15) is 34.9 Å². The van der Waals surface area contributed by atoms with Gasteiger partial charge in [-0.3, -0.25) is 19.8 Å². The third-order valence-corrected chi connectivity index (χ3v) is 5.00. The fraction of sp³-hybridized carbons (Fsp3) is 0.389. The molecule has 0 saturated carbocycles. The molecule has 1 saturated heterocycles. The topological polar surface area (TPSA) is 80.4 Å². The first-order valence-corrected chi connectivity index (χ1v) is 8.92. The van der Waals surface area contributed by atoms with Crippen molar-refractivity contribution in [3.05, 3.63) is 62.9 Å². The fourth-order valence-electron chi connectivity index (χ4n) is 3.43. The first kappa shape index (κ1) is 18.4. The molecule has 1 aliphatic rings. The van der Waals surface area contributed by atoms with Gasteiger partial charge in [-0.2, -0.15) is 0 Å². The number of benzene rings is 1.